The summed E-state index contributed by atoms with van der Waals surface area (Å²) in [6.07, 6.45) is 22.3. The van der Waals surface area contributed by atoms with Crippen LogP contribution in [-0.2, 0) is 0 Å². The van der Waals surface area contributed by atoms with E-state index in [0.29, 0.717) is 0 Å². The minimum absolute atomic E-state index is 0.798. The zero-order valence-corrected chi connectivity index (χ0v) is 11.0. The maximum absolute atomic E-state index is 2.63. The molecule has 0 bridgehead atoms. The summed E-state index contributed by atoms with van der Waals surface area (Å²) in [5, 5.41) is 0. The topological polar surface area (TPSA) is 0 Å². The molecule has 3 aliphatic rings. The van der Waals surface area contributed by atoms with Gasteiger partial charge < -0.3 is 0 Å². The lowest BCUT2D eigenvalue weighted by Gasteiger charge is -2.26. The molecule has 1 atom stereocenters. The Hall–Kier alpha value is -0.520. The van der Waals surface area contributed by atoms with Crippen molar-refractivity contribution in [1.29, 1.82) is 0 Å². The first-order valence-electron chi connectivity index (χ1n) is 7.83. The lowest BCUT2D eigenvalue weighted by Crippen LogP contribution is -2.14. The Labute approximate surface area is 106 Å². The fourth-order valence-corrected chi connectivity index (χ4v) is 4.08. The molecule has 0 aromatic heterocycles. The van der Waals surface area contributed by atoms with Crippen LogP contribution in [0.2, 0.25) is 0 Å². The molecule has 0 radical (unpaired) electrons. The molecule has 0 aromatic rings. The number of allylic oxidation sites excluding steroid dienone is 4. The molecule has 2 saturated carbocycles. The normalized spacial score (nSPS) is 31.8. The Kier molecular flexibility index (Phi) is 3.68. The van der Waals surface area contributed by atoms with Gasteiger partial charge in [0.05, 0.1) is 0 Å². The van der Waals surface area contributed by atoms with Gasteiger partial charge in [-0.3, -0.25) is 0 Å². The SMILES string of the molecule is C1=CC(C2CCCCC2)C=C1C1CCCCC1. The van der Waals surface area contributed by atoms with Gasteiger partial charge in [-0.05, 0) is 49.0 Å². The van der Waals surface area contributed by atoms with E-state index in [1.807, 2.05) is 0 Å². The van der Waals surface area contributed by atoms with Crippen LogP contribution in [0.1, 0.15) is 64.2 Å². The fourth-order valence-electron chi connectivity index (χ4n) is 4.08. The standard InChI is InChI=1S/C17H26/c1-3-7-14(8-4-1)16-11-12-17(13-16)15-9-5-2-6-10-15/h11-16H,1-10H2. The van der Waals surface area contributed by atoms with Crippen LogP contribution in [0.4, 0.5) is 0 Å². The maximum atomic E-state index is 2.63. The van der Waals surface area contributed by atoms with Gasteiger partial charge in [-0.15, -0.1) is 0 Å². The third-order valence-electron chi connectivity index (χ3n) is 5.17. The predicted octanol–water partition coefficient (Wildman–Crippen LogP) is 5.26. The van der Waals surface area contributed by atoms with Crippen LogP contribution in [0.5, 0.6) is 0 Å². The largest absolute Gasteiger partial charge is 0.0771 e. The molecule has 0 heteroatoms. The van der Waals surface area contributed by atoms with Crippen LogP contribution in [-0.4, -0.2) is 0 Å². The second kappa shape index (κ2) is 5.42. The van der Waals surface area contributed by atoms with Crippen molar-refractivity contribution in [1.82, 2.24) is 0 Å². The summed E-state index contributed by atoms with van der Waals surface area (Å²) in [6.45, 7) is 0. The molecule has 0 spiro atoms. The van der Waals surface area contributed by atoms with Crippen molar-refractivity contribution in [3.63, 3.8) is 0 Å². The summed E-state index contributed by atoms with van der Waals surface area (Å²) >= 11 is 0. The van der Waals surface area contributed by atoms with E-state index in [4.69, 9.17) is 0 Å². The molecule has 0 N–H and O–H groups in total. The quantitative estimate of drug-likeness (QED) is 0.607. The molecule has 94 valence electrons. The second-order valence-corrected chi connectivity index (χ2v) is 6.34. The lowest BCUT2D eigenvalue weighted by atomic mass is 9.79. The molecule has 0 aromatic carbocycles. The first kappa shape index (κ1) is 11.6. The van der Waals surface area contributed by atoms with E-state index < -0.39 is 0 Å². The van der Waals surface area contributed by atoms with Crippen LogP contribution in [0.25, 0.3) is 0 Å². The van der Waals surface area contributed by atoms with Gasteiger partial charge in [-0.25, -0.2) is 0 Å². The summed E-state index contributed by atoms with van der Waals surface area (Å²) in [5.41, 5.74) is 1.69. The van der Waals surface area contributed by atoms with E-state index in [1.165, 1.54) is 64.2 Å². The molecule has 17 heavy (non-hydrogen) atoms. The summed E-state index contributed by atoms with van der Waals surface area (Å²) in [7, 11) is 0. The monoisotopic (exact) mass is 230 g/mol. The predicted molar refractivity (Wildman–Crippen MR) is 73.9 cm³/mol. The van der Waals surface area contributed by atoms with Crippen molar-refractivity contribution in [3.05, 3.63) is 23.8 Å². The van der Waals surface area contributed by atoms with Crippen LogP contribution >= 0.6 is 0 Å². The van der Waals surface area contributed by atoms with Crippen molar-refractivity contribution < 1.29 is 0 Å². The van der Waals surface area contributed by atoms with Gasteiger partial charge in [0.1, 0.15) is 0 Å². The number of hydrogen-bond donors (Lipinski definition) is 0. The van der Waals surface area contributed by atoms with Crippen LogP contribution < -0.4 is 0 Å². The number of rotatable bonds is 2. The zero-order valence-electron chi connectivity index (χ0n) is 11.0. The average Bonchev–Trinajstić information content (AvgIpc) is 2.90. The summed E-state index contributed by atoms with van der Waals surface area (Å²) < 4.78 is 0. The van der Waals surface area contributed by atoms with E-state index in [2.05, 4.69) is 18.2 Å². The minimum Gasteiger partial charge on any atom is -0.0771 e. The van der Waals surface area contributed by atoms with E-state index in [1.54, 1.807) is 5.57 Å². The lowest BCUT2D eigenvalue weighted by molar-refractivity contribution is 0.318. The Morgan fingerprint density at radius 2 is 1.41 bits per heavy atom. The highest BCUT2D eigenvalue weighted by molar-refractivity contribution is 5.32. The second-order valence-electron chi connectivity index (χ2n) is 6.34. The third kappa shape index (κ3) is 2.67. The average molecular weight is 230 g/mol. The molecule has 0 aliphatic heterocycles. The Morgan fingerprint density at radius 3 is 2.12 bits per heavy atom. The molecular formula is C17H26. The first-order chi connectivity index (χ1) is 8.43. The smallest absolute Gasteiger partial charge is 0.00161 e. The van der Waals surface area contributed by atoms with Crippen molar-refractivity contribution in [2.75, 3.05) is 0 Å². The van der Waals surface area contributed by atoms with Crippen molar-refractivity contribution in [2.24, 2.45) is 17.8 Å². The van der Waals surface area contributed by atoms with E-state index >= 15 is 0 Å². The van der Waals surface area contributed by atoms with E-state index in [-0.39, 0.29) is 0 Å². The van der Waals surface area contributed by atoms with Crippen molar-refractivity contribution >= 4 is 0 Å². The Balaban J connectivity index is 1.62. The molecular weight excluding hydrogens is 204 g/mol. The Morgan fingerprint density at radius 1 is 0.765 bits per heavy atom. The van der Waals surface area contributed by atoms with Crippen LogP contribution in [0, 0.1) is 17.8 Å². The van der Waals surface area contributed by atoms with Gasteiger partial charge in [0.25, 0.3) is 0 Å². The molecule has 0 amide bonds. The van der Waals surface area contributed by atoms with Gasteiger partial charge in [0.15, 0.2) is 0 Å². The minimum atomic E-state index is 0.798. The van der Waals surface area contributed by atoms with E-state index in [9.17, 15) is 0 Å². The van der Waals surface area contributed by atoms with Gasteiger partial charge >= 0.3 is 0 Å². The van der Waals surface area contributed by atoms with E-state index in [0.717, 1.165) is 17.8 Å². The fraction of sp³-hybridized carbons (Fsp3) is 0.765. The summed E-state index contributed by atoms with van der Waals surface area (Å²) in [5.74, 6) is 2.68. The Bertz CT molecular complexity index is 298. The molecule has 3 aliphatic carbocycles. The van der Waals surface area contributed by atoms with Crippen molar-refractivity contribution in [2.45, 2.75) is 64.2 Å². The maximum Gasteiger partial charge on any atom is -0.00161 e. The molecule has 2 fully saturated rings. The van der Waals surface area contributed by atoms with Crippen molar-refractivity contribution in [3.8, 4) is 0 Å². The summed E-state index contributed by atoms with van der Waals surface area (Å²) in [6, 6.07) is 0. The zero-order chi connectivity index (χ0) is 11.5. The highest BCUT2D eigenvalue weighted by atomic mass is 14.3. The molecule has 1 unspecified atom stereocenters. The highest BCUT2D eigenvalue weighted by Crippen LogP contribution is 2.39. The highest BCUT2D eigenvalue weighted by Gasteiger charge is 2.25. The molecule has 0 heterocycles. The third-order valence-corrected chi connectivity index (χ3v) is 5.17. The van der Waals surface area contributed by atoms with Crippen LogP contribution in [0.15, 0.2) is 23.8 Å². The first-order valence-corrected chi connectivity index (χ1v) is 7.83. The van der Waals surface area contributed by atoms with Gasteiger partial charge in [0, 0.05) is 0 Å². The summed E-state index contributed by atoms with van der Waals surface area (Å²) in [4.78, 5) is 0. The van der Waals surface area contributed by atoms with Gasteiger partial charge in [-0.1, -0.05) is 56.8 Å². The number of hydrogen-bond acceptors (Lipinski definition) is 0. The molecule has 0 saturated heterocycles. The molecule has 0 nitrogen and oxygen atoms in total. The van der Waals surface area contributed by atoms with Gasteiger partial charge in [0.2, 0.25) is 0 Å². The van der Waals surface area contributed by atoms with Crippen LogP contribution in [0.3, 0.4) is 0 Å². The molecule has 3 rings (SSSR count). The van der Waals surface area contributed by atoms with Gasteiger partial charge in [-0.2, -0.15) is 0 Å².